The maximum Gasteiger partial charge on any atom is 0.276 e. The van der Waals surface area contributed by atoms with Crippen LogP contribution in [0.2, 0.25) is 0 Å². The van der Waals surface area contributed by atoms with Gasteiger partial charge < -0.3 is 10.5 Å². The number of hydrogen-bond acceptors (Lipinski definition) is 4. The van der Waals surface area contributed by atoms with Crippen molar-refractivity contribution in [1.82, 2.24) is 0 Å². The van der Waals surface area contributed by atoms with E-state index in [1.54, 1.807) is 19.1 Å². The molecule has 1 aromatic carbocycles. The Balaban J connectivity index is 3.03. The molecule has 1 unspecified atom stereocenters. The second kappa shape index (κ2) is 5.29. The van der Waals surface area contributed by atoms with Crippen LogP contribution in [0.25, 0.3) is 0 Å². The summed E-state index contributed by atoms with van der Waals surface area (Å²) in [6, 6.07) is 4.60. The first-order valence-corrected chi connectivity index (χ1v) is 5.22. The van der Waals surface area contributed by atoms with Gasteiger partial charge in [-0.05, 0) is 19.4 Å². The van der Waals surface area contributed by atoms with Crippen LogP contribution in [0.5, 0.6) is 5.75 Å². The Morgan fingerprint density at radius 1 is 1.65 bits per heavy atom. The number of nitrogens with zero attached hydrogens (tertiary/aromatic N) is 1. The van der Waals surface area contributed by atoms with E-state index in [0.29, 0.717) is 17.7 Å². The number of rotatable bonds is 5. The maximum atomic E-state index is 10.7. The normalized spacial score (nSPS) is 11.9. The Morgan fingerprint density at radius 2 is 2.29 bits per heavy atom. The lowest BCUT2D eigenvalue weighted by atomic mass is 10.1. The van der Waals surface area contributed by atoms with Gasteiger partial charge in [0.1, 0.15) is 11.6 Å². The van der Waals surface area contributed by atoms with E-state index in [4.69, 9.17) is 15.9 Å². The van der Waals surface area contributed by atoms with Gasteiger partial charge in [-0.3, -0.25) is 15.5 Å². The summed E-state index contributed by atoms with van der Waals surface area (Å²) in [5.41, 5.74) is 5.81. The average molecular weight is 237 g/mol. The summed E-state index contributed by atoms with van der Waals surface area (Å²) in [5, 5.41) is 18.1. The summed E-state index contributed by atoms with van der Waals surface area (Å²) in [4.78, 5) is 10.3. The van der Waals surface area contributed by atoms with Crippen molar-refractivity contribution in [3.63, 3.8) is 0 Å². The topological polar surface area (TPSA) is 102 Å². The zero-order valence-corrected chi connectivity index (χ0v) is 9.77. The highest BCUT2D eigenvalue weighted by Gasteiger charge is 2.18. The molecule has 0 aromatic heterocycles. The molecule has 0 aliphatic rings. The predicted octanol–water partition coefficient (Wildman–Crippen LogP) is 2.00. The van der Waals surface area contributed by atoms with E-state index < -0.39 is 11.0 Å². The lowest BCUT2D eigenvalue weighted by molar-refractivity contribution is -0.385. The summed E-state index contributed by atoms with van der Waals surface area (Å²) in [5.74, 6) is 0.305. The lowest BCUT2D eigenvalue weighted by Crippen LogP contribution is -2.32. The third-order valence-electron chi connectivity index (χ3n) is 2.44. The Labute approximate surface area is 99.0 Å². The van der Waals surface area contributed by atoms with Gasteiger partial charge in [0, 0.05) is 6.07 Å². The number of hydrogen-bond donors (Lipinski definition) is 2. The summed E-state index contributed by atoms with van der Waals surface area (Å²) in [7, 11) is 0. The summed E-state index contributed by atoms with van der Waals surface area (Å²) < 4.78 is 5.49. The largest absolute Gasteiger partial charge is 0.482 e. The lowest BCUT2D eigenvalue weighted by Gasteiger charge is -2.17. The molecule has 6 nitrogen and oxygen atoms in total. The van der Waals surface area contributed by atoms with Crippen molar-refractivity contribution in [3.8, 4) is 5.75 Å². The molecule has 0 saturated carbocycles. The molecule has 0 aliphatic carbocycles. The Morgan fingerprint density at radius 3 is 2.76 bits per heavy atom. The van der Waals surface area contributed by atoms with E-state index in [9.17, 15) is 10.1 Å². The van der Waals surface area contributed by atoms with E-state index in [-0.39, 0.29) is 11.5 Å². The van der Waals surface area contributed by atoms with Crippen LogP contribution in [0.4, 0.5) is 5.69 Å². The molecule has 92 valence electrons. The van der Waals surface area contributed by atoms with Gasteiger partial charge in [-0.2, -0.15) is 0 Å². The Hall–Kier alpha value is -2.11. The van der Waals surface area contributed by atoms with E-state index in [1.807, 2.05) is 6.92 Å². The van der Waals surface area contributed by atoms with Gasteiger partial charge in [0.2, 0.25) is 0 Å². The number of nitrogens with one attached hydrogen (secondary N) is 1. The minimum absolute atomic E-state index is 0.000838. The molecule has 0 aliphatic heterocycles. The minimum atomic E-state index is -0.546. The van der Waals surface area contributed by atoms with Gasteiger partial charge in [-0.1, -0.05) is 13.0 Å². The molecule has 0 saturated heterocycles. The average Bonchev–Trinajstić information content (AvgIpc) is 2.26. The first-order valence-electron chi connectivity index (χ1n) is 5.22. The first kappa shape index (κ1) is 13.0. The second-order valence-electron chi connectivity index (χ2n) is 3.63. The summed E-state index contributed by atoms with van der Waals surface area (Å²) in [6.07, 6.45) is -0.00649. The van der Waals surface area contributed by atoms with Gasteiger partial charge in [0.25, 0.3) is 5.69 Å². The van der Waals surface area contributed by atoms with E-state index in [0.717, 1.165) is 0 Å². The van der Waals surface area contributed by atoms with E-state index >= 15 is 0 Å². The second-order valence-corrected chi connectivity index (χ2v) is 3.63. The van der Waals surface area contributed by atoms with Gasteiger partial charge in [-0.15, -0.1) is 0 Å². The number of ether oxygens (including phenoxy) is 1. The van der Waals surface area contributed by atoms with Crippen molar-refractivity contribution in [2.75, 3.05) is 0 Å². The molecule has 0 fully saturated rings. The third-order valence-corrected chi connectivity index (χ3v) is 2.44. The third kappa shape index (κ3) is 2.93. The van der Waals surface area contributed by atoms with Crippen molar-refractivity contribution in [2.24, 2.45) is 5.73 Å². The molecular weight excluding hydrogens is 222 g/mol. The summed E-state index contributed by atoms with van der Waals surface area (Å²) in [6.45, 7) is 3.44. The molecular formula is C11H15N3O3. The van der Waals surface area contributed by atoms with E-state index in [1.165, 1.54) is 6.07 Å². The molecule has 1 atom stereocenters. The number of benzene rings is 1. The van der Waals surface area contributed by atoms with Crippen molar-refractivity contribution >= 4 is 11.5 Å². The predicted molar refractivity (Wildman–Crippen MR) is 64.5 cm³/mol. The monoisotopic (exact) mass is 237 g/mol. The van der Waals surface area contributed by atoms with Crippen LogP contribution in [0.3, 0.4) is 0 Å². The van der Waals surface area contributed by atoms with Crippen LogP contribution in [0.1, 0.15) is 18.9 Å². The van der Waals surface area contributed by atoms with Crippen LogP contribution in [-0.4, -0.2) is 16.9 Å². The highest BCUT2D eigenvalue weighted by molar-refractivity contribution is 5.82. The quantitative estimate of drug-likeness (QED) is 0.354. The fourth-order valence-electron chi connectivity index (χ4n) is 1.45. The number of amidine groups is 1. The zero-order chi connectivity index (χ0) is 13.0. The fourth-order valence-corrected chi connectivity index (χ4v) is 1.45. The molecule has 0 amide bonds. The first-order chi connectivity index (χ1) is 7.97. The number of nitro benzene ring substituents is 1. The van der Waals surface area contributed by atoms with Crippen molar-refractivity contribution in [3.05, 3.63) is 33.9 Å². The Kier molecular flexibility index (Phi) is 4.03. The maximum absolute atomic E-state index is 10.7. The van der Waals surface area contributed by atoms with Gasteiger partial charge >= 0.3 is 0 Å². The summed E-state index contributed by atoms with van der Waals surface area (Å²) >= 11 is 0. The highest BCUT2D eigenvalue weighted by Crippen LogP contribution is 2.28. The molecule has 6 heteroatoms. The SMILES string of the molecule is CCC(Oc1cccc([N+](=O)[O-])c1C)C(=N)N. The molecule has 1 aromatic rings. The highest BCUT2D eigenvalue weighted by atomic mass is 16.6. The van der Waals surface area contributed by atoms with Gasteiger partial charge in [0.15, 0.2) is 6.10 Å². The zero-order valence-electron chi connectivity index (χ0n) is 9.77. The van der Waals surface area contributed by atoms with Crippen LogP contribution in [0, 0.1) is 22.4 Å². The van der Waals surface area contributed by atoms with Crippen LogP contribution >= 0.6 is 0 Å². The van der Waals surface area contributed by atoms with E-state index in [2.05, 4.69) is 0 Å². The minimum Gasteiger partial charge on any atom is -0.482 e. The van der Waals surface area contributed by atoms with Crippen LogP contribution in [0.15, 0.2) is 18.2 Å². The molecule has 1 rings (SSSR count). The van der Waals surface area contributed by atoms with Crippen LogP contribution < -0.4 is 10.5 Å². The number of nitrogens with two attached hydrogens (primary N) is 1. The van der Waals surface area contributed by atoms with Crippen molar-refractivity contribution in [2.45, 2.75) is 26.4 Å². The van der Waals surface area contributed by atoms with Crippen LogP contribution in [-0.2, 0) is 0 Å². The number of nitro groups is 1. The molecule has 3 N–H and O–H groups in total. The fraction of sp³-hybridized carbons (Fsp3) is 0.364. The molecule has 0 bridgehead atoms. The molecule has 17 heavy (non-hydrogen) atoms. The van der Waals surface area contributed by atoms with Crippen molar-refractivity contribution in [1.29, 1.82) is 5.41 Å². The molecule has 0 radical (unpaired) electrons. The van der Waals surface area contributed by atoms with Gasteiger partial charge in [-0.25, -0.2) is 0 Å². The smallest absolute Gasteiger partial charge is 0.276 e. The molecule has 0 spiro atoms. The van der Waals surface area contributed by atoms with Gasteiger partial charge in [0.05, 0.1) is 10.5 Å². The Bertz CT molecular complexity index is 446. The van der Waals surface area contributed by atoms with Crippen molar-refractivity contribution < 1.29 is 9.66 Å². The standard InChI is InChI=1S/C11H15N3O3/c1-3-9(11(12)13)17-10-6-4-5-8(7(10)2)14(15)16/h4-6,9H,3H2,1-2H3,(H3,12,13). The molecule has 0 heterocycles.